The van der Waals surface area contributed by atoms with E-state index in [0.717, 1.165) is 29.8 Å². The Labute approximate surface area is 196 Å². The summed E-state index contributed by atoms with van der Waals surface area (Å²) < 4.78 is 32.5. The van der Waals surface area contributed by atoms with Crippen molar-refractivity contribution < 1.29 is 13.2 Å². The van der Waals surface area contributed by atoms with Crippen LogP contribution in [0.1, 0.15) is 18.1 Å². The zero-order chi connectivity index (χ0) is 21.1. The Balaban J connectivity index is 0.00000450. The Bertz CT molecular complexity index is 903. The van der Waals surface area contributed by atoms with E-state index in [0.29, 0.717) is 19.0 Å². The molecule has 0 spiro atoms. The van der Waals surface area contributed by atoms with Gasteiger partial charge in [0.1, 0.15) is 5.75 Å². The van der Waals surface area contributed by atoms with Crippen LogP contribution in [-0.2, 0) is 16.4 Å². The maximum Gasteiger partial charge on any atom is 0.240 e. The molecule has 0 heterocycles. The van der Waals surface area contributed by atoms with Crippen LogP contribution in [-0.4, -0.2) is 47.7 Å². The number of aryl methyl sites for hydroxylation is 1. The van der Waals surface area contributed by atoms with Gasteiger partial charge in [-0.2, -0.15) is 0 Å². The molecule has 0 aromatic heterocycles. The number of aliphatic imine (C=N–C) groups is 1. The molecule has 0 aliphatic heterocycles. The molecule has 2 rings (SSSR count). The van der Waals surface area contributed by atoms with Crippen LogP contribution in [0.5, 0.6) is 5.75 Å². The summed E-state index contributed by atoms with van der Waals surface area (Å²) in [5.41, 5.74) is 2.13. The minimum atomic E-state index is -3.52. The van der Waals surface area contributed by atoms with Gasteiger partial charge in [-0.3, -0.25) is 4.99 Å². The third-order valence-corrected chi connectivity index (χ3v) is 5.71. The van der Waals surface area contributed by atoms with Crippen molar-refractivity contribution in [1.29, 1.82) is 0 Å². The maximum atomic E-state index is 12.3. The van der Waals surface area contributed by atoms with E-state index in [1.165, 1.54) is 0 Å². The summed E-state index contributed by atoms with van der Waals surface area (Å²) in [6.45, 7) is 5.85. The Kier molecular flexibility index (Phi) is 11.7. The average Bonchev–Trinajstić information content (AvgIpc) is 2.72. The van der Waals surface area contributed by atoms with E-state index >= 15 is 0 Å². The van der Waals surface area contributed by atoms with E-state index < -0.39 is 10.0 Å². The highest BCUT2D eigenvalue weighted by Gasteiger charge is 2.12. The highest BCUT2D eigenvalue weighted by Crippen LogP contribution is 2.17. The lowest BCUT2D eigenvalue weighted by atomic mass is 10.1. The number of halogens is 1. The van der Waals surface area contributed by atoms with Gasteiger partial charge in [0.15, 0.2) is 5.96 Å². The summed E-state index contributed by atoms with van der Waals surface area (Å²) in [5.74, 6) is 1.51. The third kappa shape index (κ3) is 8.49. The minimum absolute atomic E-state index is 0. The molecule has 0 fully saturated rings. The Morgan fingerprint density at radius 3 is 2.40 bits per heavy atom. The molecule has 7 nitrogen and oxygen atoms in total. The molecule has 30 heavy (non-hydrogen) atoms. The number of guanidine groups is 1. The molecule has 0 aliphatic carbocycles. The highest BCUT2D eigenvalue weighted by atomic mass is 127. The fraction of sp³-hybridized carbons (Fsp3) is 0.381. The Hall–Kier alpha value is -1.85. The number of sulfonamides is 1. The Morgan fingerprint density at radius 1 is 1.03 bits per heavy atom. The number of ether oxygens (including phenoxy) is 1. The number of para-hydroxylation sites is 1. The molecule has 2 aromatic carbocycles. The van der Waals surface area contributed by atoms with E-state index in [-0.39, 0.29) is 35.4 Å². The number of hydrogen-bond donors (Lipinski definition) is 3. The second kappa shape index (κ2) is 13.5. The fourth-order valence-corrected chi connectivity index (χ4v) is 3.74. The van der Waals surface area contributed by atoms with E-state index in [9.17, 15) is 8.42 Å². The highest BCUT2D eigenvalue weighted by molar-refractivity contribution is 14.0. The van der Waals surface area contributed by atoms with Crippen molar-refractivity contribution in [3.8, 4) is 5.75 Å². The third-order valence-electron chi connectivity index (χ3n) is 4.23. The van der Waals surface area contributed by atoms with Crippen molar-refractivity contribution in [3.63, 3.8) is 0 Å². The van der Waals surface area contributed by atoms with E-state index in [4.69, 9.17) is 4.74 Å². The van der Waals surface area contributed by atoms with Gasteiger partial charge in [0.05, 0.1) is 18.6 Å². The van der Waals surface area contributed by atoms with Gasteiger partial charge in [-0.15, -0.1) is 24.0 Å². The lowest BCUT2D eigenvalue weighted by Gasteiger charge is -2.13. The predicted octanol–water partition coefficient (Wildman–Crippen LogP) is 2.70. The monoisotopic (exact) mass is 546 g/mol. The molecule has 0 saturated carbocycles. The lowest BCUT2D eigenvalue weighted by Crippen LogP contribution is -2.39. The lowest BCUT2D eigenvalue weighted by molar-refractivity contribution is 0.409. The first-order valence-electron chi connectivity index (χ1n) is 9.66. The van der Waals surface area contributed by atoms with Gasteiger partial charge in [0.2, 0.25) is 10.0 Å². The second-order valence-corrected chi connectivity index (χ2v) is 8.23. The molecule has 0 atom stereocenters. The molecule has 0 unspecified atom stereocenters. The van der Waals surface area contributed by atoms with E-state index in [2.05, 4.69) is 20.3 Å². The van der Waals surface area contributed by atoms with Crippen molar-refractivity contribution >= 4 is 40.0 Å². The topological polar surface area (TPSA) is 91.8 Å². The van der Waals surface area contributed by atoms with Crippen molar-refractivity contribution in [3.05, 3.63) is 59.7 Å². The van der Waals surface area contributed by atoms with Crippen LogP contribution < -0.4 is 20.1 Å². The molecule has 0 amide bonds. The largest absolute Gasteiger partial charge is 0.496 e. The van der Waals surface area contributed by atoms with Gasteiger partial charge in [-0.05, 0) is 44.0 Å². The van der Waals surface area contributed by atoms with Crippen LogP contribution in [0.15, 0.2) is 58.4 Å². The molecule has 3 N–H and O–H groups in total. The Morgan fingerprint density at radius 2 is 1.73 bits per heavy atom. The number of nitrogens with zero attached hydrogens (tertiary/aromatic N) is 1. The summed E-state index contributed by atoms with van der Waals surface area (Å²) in [4.78, 5) is 4.69. The van der Waals surface area contributed by atoms with Crippen molar-refractivity contribution in [2.45, 2.75) is 25.2 Å². The second-order valence-electron chi connectivity index (χ2n) is 6.46. The molecule has 0 radical (unpaired) electrons. The number of benzene rings is 2. The molecular formula is C21H31IN4O3S. The van der Waals surface area contributed by atoms with Crippen LogP contribution in [0.25, 0.3) is 0 Å². The fourth-order valence-electron chi connectivity index (χ4n) is 2.72. The van der Waals surface area contributed by atoms with E-state index in [1.807, 2.05) is 38.1 Å². The van der Waals surface area contributed by atoms with Crippen LogP contribution in [0.3, 0.4) is 0 Å². The van der Waals surface area contributed by atoms with Crippen LogP contribution in [0.2, 0.25) is 0 Å². The number of methoxy groups -OCH3 is 1. The molecule has 0 bridgehead atoms. The van der Waals surface area contributed by atoms with Crippen LogP contribution >= 0.6 is 24.0 Å². The number of rotatable bonds is 10. The number of nitrogens with one attached hydrogen (secondary N) is 3. The van der Waals surface area contributed by atoms with Gasteiger partial charge < -0.3 is 15.4 Å². The van der Waals surface area contributed by atoms with Crippen LogP contribution in [0, 0.1) is 6.92 Å². The minimum Gasteiger partial charge on any atom is -0.496 e. The first-order valence-corrected chi connectivity index (χ1v) is 11.1. The summed E-state index contributed by atoms with van der Waals surface area (Å²) in [5, 5.41) is 6.43. The molecular weight excluding hydrogens is 515 g/mol. The average molecular weight is 546 g/mol. The zero-order valence-corrected chi connectivity index (χ0v) is 20.8. The van der Waals surface area contributed by atoms with Crippen molar-refractivity contribution in [2.75, 3.05) is 33.3 Å². The van der Waals surface area contributed by atoms with Gasteiger partial charge in [0.25, 0.3) is 0 Å². The van der Waals surface area contributed by atoms with Crippen molar-refractivity contribution in [1.82, 2.24) is 15.4 Å². The summed E-state index contributed by atoms with van der Waals surface area (Å²) in [6, 6.07) is 14.7. The summed E-state index contributed by atoms with van der Waals surface area (Å²) in [6.07, 6.45) is 0.786. The van der Waals surface area contributed by atoms with E-state index in [1.54, 1.807) is 31.4 Å². The quantitative estimate of drug-likeness (QED) is 0.185. The maximum absolute atomic E-state index is 12.3. The molecule has 9 heteroatoms. The van der Waals surface area contributed by atoms with Crippen molar-refractivity contribution in [2.24, 2.45) is 4.99 Å². The van der Waals surface area contributed by atoms with Gasteiger partial charge >= 0.3 is 0 Å². The van der Waals surface area contributed by atoms with Gasteiger partial charge in [0, 0.05) is 19.6 Å². The predicted molar refractivity (Wildman–Crippen MR) is 132 cm³/mol. The van der Waals surface area contributed by atoms with Crippen LogP contribution in [0.4, 0.5) is 0 Å². The summed E-state index contributed by atoms with van der Waals surface area (Å²) in [7, 11) is -1.86. The van der Waals surface area contributed by atoms with Gasteiger partial charge in [-0.25, -0.2) is 13.1 Å². The zero-order valence-electron chi connectivity index (χ0n) is 17.6. The molecule has 0 aliphatic rings. The first kappa shape index (κ1) is 26.2. The molecule has 0 saturated heterocycles. The normalized spacial score (nSPS) is 11.5. The first-order chi connectivity index (χ1) is 14.0. The summed E-state index contributed by atoms with van der Waals surface area (Å²) >= 11 is 0. The standard InChI is InChI=1S/C21H30N4O3S.HI/c1-4-22-21(23-14-13-18-7-5-6-8-20(18)28-3)24-15-16-25-29(26,27)19-11-9-17(2)10-12-19;/h5-12,25H,4,13-16H2,1-3H3,(H2,22,23,24);1H. The molecule has 166 valence electrons. The molecule has 2 aromatic rings. The number of hydrogen-bond acceptors (Lipinski definition) is 4. The van der Waals surface area contributed by atoms with Gasteiger partial charge in [-0.1, -0.05) is 35.9 Å². The SMILES string of the molecule is CCNC(=NCCNS(=O)(=O)c1ccc(C)cc1)NCCc1ccccc1OC.I. The smallest absolute Gasteiger partial charge is 0.240 e.